The van der Waals surface area contributed by atoms with E-state index in [1.165, 1.54) is 16.1 Å². The quantitative estimate of drug-likeness (QED) is 0.519. The first-order chi connectivity index (χ1) is 16.1. The molecule has 0 unspecified atom stereocenters. The van der Waals surface area contributed by atoms with Crippen molar-refractivity contribution in [3.63, 3.8) is 0 Å². The van der Waals surface area contributed by atoms with Gasteiger partial charge in [-0.05, 0) is 51.2 Å². The van der Waals surface area contributed by atoms with Crippen molar-refractivity contribution in [1.29, 1.82) is 0 Å². The normalized spacial score (nSPS) is 16.3. The van der Waals surface area contributed by atoms with E-state index in [4.69, 9.17) is 16.5 Å². The summed E-state index contributed by atoms with van der Waals surface area (Å²) in [6, 6.07) is 4.58. The molecule has 1 aliphatic carbocycles. The zero-order valence-electron chi connectivity index (χ0n) is 19.3. The lowest BCUT2D eigenvalue weighted by Gasteiger charge is -2.31. The second-order valence-corrected chi connectivity index (χ2v) is 10.1. The lowest BCUT2D eigenvalue weighted by Crippen LogP contribution is -2.35. The number of hydrogen-bond donors (Lipinski definition) is 0. The van der Waals surface area contributed by atoms with Crippen molar-refractivity contribution < 1.29 is 4.79 Å². The van der Waals surface area contributed by atoms with Gasteiger partial charge < -0.3 is 0 Å². The van der Waals surface area contributed by atoms with Crippen LogP contribution in [0.1, 0.15) is 54.7 Å². The van der Waals surface area contributed by atoms with Gasteiger partial charge >= 0.3 is 0 Å². The number of ketones is 1. The number of hydrogen-bond acceptors (Lipinski definition) is 6. The molecular weight excluding hydrogens is 430 g/mol. The summed E-state index contributed by atoms with van der Waals surface area (Å²) in [5, 5.41) is 6.12. The van der Waals surface area contributed by atoms with Crippen molar-refractivity contribution in [1.82, 2.24) is 24.6 Å². The average molecular weight is 460 g/mol. The summed E-state index contributed by atoms with van der Waals surface area (Å²) in [5.74, 6) is 2.92. The maximum absolute atomic E-state index is 11.7. The van der Waals surface area contributed by atoms with Gasteiger partial charge in [0.1, 0.15) is 10.8 Å². The van der Waals surface area contributed by atoms with Gasteiger partial charge in [0.2, 0.25) is 0 Å². The van der Waals surface area contributed by atoms with E-state index in [0.717, 1.165) is 72.8 Å². The third-order valence-electron chi connectivity index (χ3n) is 6.66. The minimum Gasteiger partial charge on any atom is -0.300 e. The Morgan fingerprint density at radius 1 is 1.27 bits per heavy atom. The number of carbonyl (C=O) groups excluding carboxylic acids is 1. The topological polar surface area (TPSA) is 63.9 Å². The van der Waals surface area contributed by atoms with Crippen LogP contribution < -0.4 is 0 Å². The van der Waals surface area contributed by atoms with Gasteiger partial charge in [-0.1, -0.05) is 12.8 Å². The van der Waals surface area contributed by atoms with Gasteiger partial charge in [0.25, 0.3) is 0 Å². The molecule has 1 fully saturated rings. The number of aromatic nitrogens is 4. The van der Waals surface area contributed by atoms with Crippen LogP contribution in [0.25, 0.3) is 21.8 Å². The largest absolute Gasteiger partial charge is 0.300 e. The second kappa shape index (κ2) is 9.20. The molecule has 5 rings (SSSR count). The molecule has 0 amide bonds. The lowest BCUT2D eigenvalue weighted by atomic mass is 9.94. The Bertz CT molecular complexity index is 1210. The van der Waals surface area contributed by atoms with Gasteiger partial charge in [0, 0.05) is 36.1 Å². The van der Waals surface area contributed by atoms with Crippen LogP contribution in [0.4, 0.5) is 0 Å². The minimum absolute atomic E-state index is 0.151. The molecule has 0 spiro atoms. The molecule has 0 aromatic carbocycles. The van der Waals surface area contributed by atoms with Crippen LogP contribution >= 0.6 is 11.3 Å². The molecule has 6 nitrogen and oxygen atoms in total. The van der Waals surface area contributed by atoms with E-state index in [-0.39, 0.29) is 5.78 Å². The van der Waals surface area contributed by atoms with Gasteiger partial charge in [-0.3, -0.25) is 19.4 Å². The van der Waals surface area contributed by atoms with Crippen LogP contribution in [0.15, 0.2) is 18.3 Å². The predicted molar refractivity (Wildman–Crippen MR) is 131 cm³/mol. The molecule has 7 heteroatoms. The van der Waals surface area contributed by atoms with E-state index in [0.29, 0.717) is 19.0 Å². The van der Waals surface area contributed by atoms with E-state index >= 15 is 0 Å². The number of likely N-dealkylation sites (tertiary alicyclic amines) is 1. The number of thiazole rings is 1. The highest BCUT2D eigenvalue weighted by atomic mass is 32.1. The first-order valence-corrected chi connectivity index (χ1v) is 12.6. The summed E-state index contributed by atoms with van der Waals surface area (Å²) in [6.07, 6.45) is 12.7. The molecule has 1 saturated heterocycles. The van der Waals surface area contributed by atoms with Crippen molar-refractivity contribution in [3.05, 3.63) is 40.3 Å². The summed E-state index contributed by atoms with van der Waals surface area (Å²) in [7, 11) is 0. The van der Waals surface area contributed by atoms with Crippen LogP contribution in [0, 0.1) is 12.3 Å². The number of terminal acetylenes is 1. The molecule has 3 aromatic heterocycles. The highest BCUT2D eigenvalue weighted by molar-refractivity contribution is 7.15. The van der Waals surface area contributed by atoms with E-state index in [1.807, 2.05) is 6.20 Å². The van der Waals surface area contributed by atoms with Crippen molar-refractivity contribution >= 4 is 17.1 Å². The Morgan fingerprint density at radius 2 is 2.09 bits per heavy atom. The van der Waals surface area contributed by atoms with Crippen LogP contribution in [0.5, 0.6) is 0 Å². The SMILES string of the molecule is C#CCN1CCC(n2nc(-c3ccc(CC)nc3)c3c2-c2sc(CC(C)=O)nc2CC3)CC1. The van der Waals surface area contributed by atoms with E-state index in [1.54, 1.807) is 18.3 Å². The maximum atomic E-state index is 11.7. The smallest absolute Gasteiger partial charge is 0.136 e. The summed E-state index contributed by atoms with van der Waals surface area (Å²) in [4.78, 5) is 24.7. The molecule has 170 valence electrons. The lowest BCUT2D eigenvalue weighted by molar-refractivity contribution is -0.116. The molecule has 0 N–H and O–H groups in total. The van der Waals surface area contributed by atoms with Crippen molar-refractivity contribution in [2.24, 2.45) is 0 Å². The van der Waals surface area contributed by atoms with Gasteiger partial charge in [-0.15, -0.1) is 17.8 Å². The Balaban J connectivity index is 1.58. The molecule has 0 radical (unpaired) electrons. The fourth-order valence-electron chi connectivity index (χ4n) is 4.95. The van der Waals surface area contributed by atoms with Crippen LogP contribution in [-0.4, -0.2) is 50.1 Å². The van der Waals surface area contributed by atoms with Gasteiger partial charge in [-0.25, -0.2) is 4.98 Å². The highest BCUT2D eigenvalue weighted by Crippen LogP contribution is 2.44. The Morgan fingerprint density at radius 3 is 2.76 bits per heavy atom. The number of fused-ring (bicyclic) bond motifs is 3. The fraction of sp³-hybridized carbons (Fsp3) is 0.462. The van der Waals surface area contributed by atoms with Gasteiger partial charge in [-0.2, -0.15) is 5.10 Å². The van der Waals surface area contributed by atoms with Crippen molar-refractivity contribution in [2.75, 3.05) is 19.6 Å². The van der Waals surface area contributed by atoms with Gasteiger partial charge in [0.05, 0.1) is 41.0 Å². The molecule has 0 saturated carbocycles. The van der Waals surface area contributed by atoms with Gasteiger partial charge in [0.15, 0.2) is 0 Å². The molecule has 2 aliphatic rings. The molecule has 4 heterocycles. The summed E-state index contributed by atoms with van der Waals surface area (Å²) < 4.78 is 2.26. The monoisotopic (exact) mass is 459 g/mol. The molecule has 3 aromatic rings. The maximum Gasteiger partial charge on any atom is 0.136 e. The molecular formula is C26H29N5OS. The standard InChI is InChI=1S/C26H29N5OS/c1-4-12-30-13-10-20(11-14-30)31-25-21(24(29-31)18-6-7-19(5-2)27-16-18)8-9-22-26(25)33-23(28-22)15-17(3)32/h1,6-7,16,20H,5,8-15H2,2-3H3. The third-order valence-corrected chi connectivity index (χ3v) is 7.76. The zero-order valence-corrected chi connectivity index (χ0v) is 20.1. The Kier molecular flexibility index (Phi) is 6.13. The molecule has 33 heavy (non-hydrogen) atoms. The van der Waals surface area contributed by atoms with Crippen LogP contribution in [-0.2, 0) is 30.5 Å². The predicted octanol–water partition coefficient (Wildman–Crippen LogP) is 4.13. The second-order valence-electron chi connectivity index (χ2n) is 8.99. The third kappa shape index (κ3) is 4.25. The van der Waals surface area contributed by atoms with Crippen LogP contribution in [0.2, 0.25) is 0 Å². The number of rotatable bonds is 6. The average Bonchev–Trinajstić information content (AvgIpc) is 3.40. The number of pyridine rings is 1. The molecule has 1 aliphatic heterocycles. The fourth-order valence-corrected chi connectivity index (χ4v) is 6.20. The Hall–Kier alpha value is -2.82. The van der Waals surface area contributed by atoms with Crippen molar-refractivity contribution in [2.45, 2.75) is 58.4 Å². The molecule has 0 bridgehead atoms. The highest BCUT2D eigenvalue weighted by Gasteiger charge is 2.32. The summed E-state index contributed by atoms with van der Waals surface area (Å²) in [6.45, 7) is 6.42. The number of carbonyl (C=O) groups is 1. The first-order valence-electron chi connectivity index (χ1n) is 11.8. The van der Waals surface area contributed by atoms with E-state index < -0.39 is 0 Å². The molecule has 0 atom stereocenters. The number of piperidine rings is 1. The van der Waals surface area contributed by atoms with Crippen molar-refractivity contribution in [3.8, 4) is 34.2 Å². The first kappa shape index (κ1) is 22.0. The minimum atomic E-state index is 0.151. The van der Waals surface area contributed by atoms with E-state index in [9.17, 15) is 4.79 Å². The number of aryl methyl sites for hydroxylation is 2. The number of nitrogens with zero attached hydrogens (tertiary/aromatic N) is 5. The van der Waals surface area contributed by atoms with Crippen LogP contribution in [0.3, 0.4) is 0 Å². The summed E-state index contributed by atoms with van der Waals surface area (Å²) in [5.41, 5.74) is 6.81. The zero-order chi connectivity index (χ0) is 22.9. The number of Topliss-reactive ketones (excluding diaryl/α,β-unsaturated/α-hetero) is 1. The summed E-state index contributed by atoms with van der Waals surface area (Å²) >= 11 is 1.66. The Labute approximate surface area is 199 Å². The van der Waals surface area contributed by atoms with E-state index in [2.05, 4.69) is 39.5 Å².